The van der Waals surface area contributed by atoms with E-state index in [1.807, 2.05) is 42.5 Å². The first kappa shape index (κ1) is 15.5. The summed E-state index contributed by atoms with van der Waals surface area (Å²) in [5.41, 5.74) is 2.63. The lowest BCUT2D eigenvalue weighted by atomic mass is 10.0. The highest BCUT2D eigenvalue weighted by molar-refractivity contribution is 6.53. The van der Waals surface area contributed by atoms with E-state index in [1.54, 1.807) is 12.1 Å². The second kappa shape index (κ2) is 7.25. The van der Waals surface area contributed by atoms with Crippen LogP contribution in [0.15, 0.2) is 54.6 Å². The lowest BCUT2D eigenvalue weighted by Gasteiger charge is -2.06. The molecule has 0 saturated carbocycles. The summed E-state index contributed by atoms with van der Waals surface area (Å²) in [5, 5.41) is 2.37. The second-order valence-corrected chi connectivity index (χ2v) is 5.48. The Morgan fingerprint density at radius 3 is 2.05 bits per heavy atom. The molecule has 0 aliphatic rings. The summed E-state index contributed by atoms with van der Waals surface area (Å²) in [5.74, 6) is -0.774. The fraction of sp³-hybridized carbons (Fsp3) is 0.125. The molecule has 108 valence electrons. The summed E-state index contributed by atoms with van der Waals surface area (Å²) >= 11 is 10.8. The molecule has 3 nitrogen and oxygen atoms in total. The number of carbonyl (C=O) groups excluding carboxylic acids is 2. The SMILES string of the molecule is O=C(CNC(=O)C(Cl)Cl)c1ccc(-c2ccccc2)cc1. The average molecular weight is 322 g/mol. The monoisotopic (exact) mass is 321 g/mol. The van der Waals surface area contributed by atoms with Crippen LogP contribution in [-0.4, -0.2) is 23.1 Å². The molecule has 2 aromatic rings. The Morgan fingerprint density at radius 1 is 0.905 bits per heavy atom. The van der Waals surface area contributed by atoms with Gasteiger partial charge in [0.25, 0.3) is 5.91 Å². The van der Waals surface area contributed by atoms with Crippen LogP contribution < -0.4 is 5.32 Å². The molecule has 2 aromatic carbocycles. The van der Waals surface area contributed by atoms with Gasteiger partial charge in [-0.25, -0.2) is 0 Å². The maximum atomic E-state index is 11.9. The molecule has 0 aromatic heterocycles. The number of ketones is 1. The topological polar surface area (TPSA) is 46.2 Å². The molecule has 0 bridgehead atoms. The highest BCUT2D eigenvalue weighted by Gasteiger charge is 2.13. The first-order chi connectivity index (χ1) is 10.1. The normalized spacial score (nSPS) is 10.4. The van der Waals surface area contributed by atoms with E-state index in [0.29, 0.717) is 5.56 Å². The van der Waals surface area contributed by atoms with Crippen LogP contribution in [-0.2, 0) is 4.79 Å². The van der Waals surface area contributed by atoms with Crippen molar-refractivity contribution >= 4 is 34.9 Å². The quantitative estimate of drug-likeness (QED) is 0.677. The molecule has 0 spiro atoms. The second-order valence-electron chi connectivity index (χ2n) is 4.39. The standard InChI is InChI=1S/C16H13Cl2NO2/c17-15(18)16(21)19-10-14(20)13-8-6-12(7-9-13)11-4-2-1-3-5-11/h1-9,15H,10H2,(H,19,21). The van der Waals surface area contributed by atoms with Gasteiger partial charge in [-0.1, -0.05) is 77.8 Å². The summed E-state index contributed by atoms with van der Waals surface area (Å²) in [4.78, 5) is 21.9. The number of hydrogen-bond acceptors (Lipinski definition) is 2. The number of amides is 1. The molecule has 0 atom stereocenters. The van der Waals surface area contributed by atoms with Gasteiger partial charge in [0.1, 0.15) is 0 Å². The van der Waals surface area contributed by atoms with Crippen molar-refractivity contribution in [3.05, 3.63) is 60.2 Å². The minimum absolute atomic E-state index is 0.126. The summed E-state index contributed by atoms with van der Waals surface area (Å²) in [6, 6.07) is 17.1. The fourth-order valence-corrected chi connectivity index (χ4v) is 1.98. The molecule has 2 rings (SSSR count). The lowest BCUT2D eigenvalue weighted by molar-refractivity contribution is -0.119. The Kier molecular flexibility index (Phi) is 5.37. The molecular weight excluding hydrogens is 309 g/mol. The molecule has 21 heavy (non-hydrogen) atoms. The number of rotatable bonds is 5. The Labute approximate surface area is 132 Å². The molecule has 0 fully saturated rings. The average Bonchev–Trinajstić information content (AvgIpc) is 2.53. The molecule has 0 aliphatic carbocycles. The molecule has 0 heterocycles. The smallest absolute Gasteiger partial charge is 0.253 e. The predicted molar refractivity (Wildman–Crippen MR) is 84.7 cm³/mol. The van der Waals surface area contributed by atoms with Crippen LogP contribution in [0.4, 0.5) is 0 Å². The minimum atomic E-state index is -1.17. The van der Waals surface area contributed by atoms with E-state index in [1.165, 1.54) is 0 Å². The molecule has 5 heteroatoms. The van der Waals surface area contributed by atoms with Gasteiger partial charge in [-0.3, -0.25) is 9.59 Å². The minimum Gasteiger partial charge on any atom is -0.346 e. The largest absolute Gasteiger partial charge is 0.346 e. The van der Waals surface area contributed by atoms with E-state index in [9.17, 15) is 9.59 Å². The van der Waals surface area contributed by atoms with Crippen LogP contribution in [0.5, 0.6) is 0 Å². The van der Waals surface area contributed by atoms with Gasteiger partial charge in [-0.15, -0.1) is 0 Å². The van der Waals surface area contributed by atoms with Gasteiger partial charge in [0.2, 0.25) is 0 Å². The Morgan fingerprint density at radius 2 is 1.48 bits per heavy atom. The summed E-state index contributed by atoms with van der Waals surface area (Å²) < 4.78 is 0. The molecular formula is C16H13Cl2NO2. The maximum Gasteiger partial charge on any atom is 0.253 e. The van der Waals surface area contributed by atoms with Gasteiger partial charge in [0, 0.05) is 5.56 Å². The van der Waals surface area contributed by atoms with Crippen molar-refractivity contribution in [2.24, 2.45) is 0 Å². The zero-order valence-corrected chi connectivity index (χ0v) is 12.6. The zero-order chi connectivity index (χ0) is 15.2. The lowest BCUT2D eigenvalue weighted by Crippen LogP contribution is -2.33. The number of alkyl halides is 2. The molecule has 0 aliphatic heterocycles. The highest BCUT2D eigenvalue weighted by atomic mass is 35.5. The van der Waals surface area contributed by atoms with Gasteiger partial charge < -0.3 is 5.32 Å². The van der Waals surface area contributed by atoms with Crippen molar-refractivity contribution in [2.45, 2.75) is 4.84 Å². The number of benzene rings is 2. The van der Waals surface area contributed by atoms with Crippen molar-refractivity contribution < 1.29 is 9.59 Å². The van der Waals surface area contributed by atoms with Crippen LogP contribution in [0.1, 0.15) is 10.4 Å². The first-order valence-electron chi connectivity index (χ1n) is 6.32. The molecule has 0 unspecified atom stereocenters. The van der Waals surface area contributed by atoms with Crippen LogP contribution in [0.25, 0.3) is 11.1 Å². The molecule has 0 saturated heterocycles. The summed E-state index contributed by atoms with van der Waals surface area (Å²) in [6.07, 6.45) is 0. The van der Waals surface area contributed by atoms with Crippen LogP contribution in [0, 0.1) is 0 Å². The highest BCUT2D eigenvalue weighted by Crippen LogP contribution is 2.19. The van der Waals surface area contributed by atoms with Crippen LogP contribution in [0.3, 0.4) is 0 Å². The van der Waals surface area contributed by atoms with Crippen molar-refractivity contribution in [3.63, 3.8) is 0 Å². The van der Waals surface area contributed by atoms with Gasteiger partial charge in [0.05, 0.1) is 6.54 Å². The molecule has 1 N–H and O–H groups in total. The third kappa shape index (κ3) is 4.31. The van der Waals surface area contributed by atoms with E-state index in [2.05, 4.69) is 5.32 Å². The van der Waals surface area contributed by atoms with Crippen molar-refractivity contribution in [2.75, 3.05) is 6.54 Å². The number of Topliss-reactive ketones (excluding diaryl/α,β-unsaturated/α-hetero) is 1. The van der Waals surface area contributed by atoms with Crippen molar-refractivity contribution in [3.8, 4) is 11.1 Å². The molecule has 1 amide bonds. The third-order valence-electron chi connectivity index (χ3n) is 2.94. The Hall–Kier alpha value is -1.84. The van der Waals surface area contributed by atoms with Crippen LogP contribution in [0.2, 0.25) is 0 Å². The Bertz CT molecular complexity index is 624. The number of nitrogens with one attached hydrogen (secondary N) is 1. The number of halogens is 2. The number of hydrogen-bond donors (Lipinski definition) is 1. The van der Waals surface area contributed by atoms with Gasteiger partial charge >= 0.3 is 0 Å². The van der Waals surface area contributed by atoms with Crippen LogP contribution >= 0.6 is 23.2 Å². The van der Waals surface area contributed by atoms with E-state index >= 15 is 0 Å². The fourth-order valence-electron chi connectivity index (χ4n) is 1.83. The van der Waals surface area contributed by atoms with Gasteiger partial charge in [-0.2, -0.15) is 0 Å². The van der Waals surface area contributed by atoms with E-state index in [0.717, 1.165) is 11.1 Å². The Balaban J connectivity index is 2.02. The third-order valence-corrected chi connectivity index (χ3v) is 3.33. The van der Waals surface area contributed by atoms with E-state index in [4.69, 9.17) is 23.2 Å². The van der Waals surface area contributed by atoms with Gasteiger partial charge in [0.15, 0.2) is 10.6 Å². The van der Waals surface area contributed by atoms with Crippen molar-refractivity contribution in [1.29, 1.82) is 0 Å². The number of carbonyl (C=O) groups is 2. The predicted octanol–water partition coefficient (Wildman–Crippen LogP) is 3.46. The first-order valence-corrected chi connectivity index (χ1v) is 7.20. The maximum absolute atomic E-state index is 11.9. The summed E-state index contributed by atoms with van der Waals surface area (Å²) in [7, 11) is 0. The van der Waals surface area contributed by atoms with Gasteiger partial charge in [-0.05, 0) is 11.1 Å². The van der Waals surface area contributed by atoms with E-state index in [-0.39, 0.29) is 12.3 Å². The molecule has 0 radical (unpaired) electrons. The van der Waals surface area contributed by atoms with E-state index < -0.39 is 10.7 Å². The summed E-state index contributed by atoms with van der Waals surface area (Å²) in [6.45, 7) is -0.126. The van der Waals surface area contributed by atoms with Crippen molar-refractivity contribution in [1.82, 2.24) is 5.32 Å². The zero-order valence-electron chi connectivity index (χ0n) is 11.1.